The van der Waals surface area contributed by atoms with Crippen LogP contribution in [-0.4, -0.2) is 12.2 Å². The second-order valence-electron chi connectivity index (χ2n) is 5.80. The van der Waals surface area contributed by atoms with E-state index >= 15 is 0 Å². The summed E-state index contributed by atoms with van der Waals surface area (Å²) in [5.74, 6) is 5.87. The highest BCUT2D eigenvalue weighted by Crippen LogP contribution is 2.42. The molecule has 1 fully saturated rings. The van der Waals surface area contributed by atoms with Crippen molar-refractivity contribution in [3.8, 4) is 0 Å². The molecule has 1 aromatic carbocycles. The van der Waals surface area contributed by atoms with Crippen molar-refractivity contribution in [2.24, 2.45) is 5.84 Å². The minimum atomic E-state index is -0.129. The highest BCUT2D eigenvalue weighted by molar-refractivity contribution is 5.27. The van der Waals surface area contributed by atoms with Crippen LogP contribution >= 0.6 is 0 Å². The number of aryl methyl sites for hydroxylation is 1. The molecule has 0 spiro atoms. The van der Waals surface area contributed by atoms with Crippen LogP contribution in [-0.2, 0) is 11.2 Å². The third kappa shape index (κ3) is 3.22. The van der Waals surface area contributed by atoms with E-state index in [4.69, 9.17) is 10.6 Å². The Morgan fingerprint density at radius 3 is 2.35 bits per heavy atom. The van der Waals surface area contributed by atoms with E-state index in [2.05, 4.69) is 43.5 Å². The molecule has 1 aliphatic carbocycles. The topological polar surface area (TPSA) is 47.3 Å². The van der Waals surface area contributed by atoms with Gasteiger partial charge < -0.3 is 4.74 Å². The van der Waals surface area contributed by atoms with Crippen molar-refractivity contribution in [3.05, 3.63) is 35.4 Å². The maximum absolute atomic E-state index is 6.13. The summed E-state index contributed by atoms with van der Waals surface area (Å²) in [5, 5.41) is 0. The van der Waals surface area contributed by atoms with Crippen LogP contribution in [0.25, 0.3) is 0 Å². The van der Waals surface area contributed by atoms with Crippen LogP contribution in [0.1, 0.15) is 63.1 Å². The van der Waals surface area contributed by atoms with Crippen LogP contribution in [0, 0.1) is 0 Å². The average molecular weight is 276 g/mol. The van der Waals surface area contributed by atoms with Crippen molar-refractivity contribution in [2.45, 2.75) is 64.0 Å². The normalized spacial score (nSPS) is 19.1. The molecule has 1 aromatic rings. The summed E-state index contributed by atoms with van der Waals surface area (Å²) in [7, 11) is 0. The van der Waals surface area contributed by atoms with Gasteiger partial charge in [-0.25, -0.2) is 0 Å². The van der Waals surface area contributed by atoms with Crippen molar-refractivity contribution < 1.29 is 4.74 Å². The first-order valence-corrected chi connectivity index (χ1v) is 7.94. The van der Waals surface area contributed by atoms with Crippen LogP contribution < -0.4 is 11.3 Å². The average Bonchev–Trinajstić information content (AvgIpc) is 2.92. The summed E-state index contributed by atoms with van der Waals surface area (Å²) < 4.78 is 6.13. The molecule has 0 aromatic heterocycles. The Morgan fingerprint density at radius 2 is 1.85 bits per heavy atom. The minimum absolute atomic E-state index is 0.0839. The number of hydrazine groups is 1. The van der Waals surface area contributed by atoms with Crippen LogP contribution in [0.4, 0.5) is 0 Å². The first kappa shape index (κ1) is 15.5. The Balaban J connectivity index is 2.21. The Labute approximate surface area is 122 Å². The number of nitrogens with two attached hydrogens (primary N) is 1. The number of rotatable bonds is 7. The zero-order valence-corrected chi connectivity index (χ0v) is 12.8. The maximum Gasteiger partial charge on any atom is 0.0889 e. The molecule has 1 unspecified atom stereocenters. The van der Waals surface area contributed by atoms with Crippen molar-refractivity contribution in [3.63, 3.8) is 0 Å². The van der Waals surface area contributed by atoms with Crippen molar-refractivity contribution in [1.29, 1.82) is 0 Å². The maximum atomic E-state index is 6.13. The van der Waals surface area contributed by atoms with Crippen LogP contribution in [0.15, 0.2) is 24.3 Å². The molecular formula is C17H28N2O. The molecule has 0 heterocycles. The van der Waals surface area contributed by atoms with Gasteiger partial charge in [-0.2, -0.15) is 0 Å². The molecule has 3 nitrogen and oxygen atoms in total. The van der Waals surface area contributed by atoms with E-state index in [0.29, 0.717) is 0 Å². The molecule has 1 atom stereocenters. The molecule has 1 aliphatic rings. The van der Waals surface area contributed by atoms with Gasteiger partial charge in [0.1, 0.15) is 0 Å². The fourth-order valence-electron chi connectivity index (χ4n) is 3.49. The van der Waals surface area contributed by atoms with Gasteiger partial charge in [0, 0.05) is 6.61 Å². The van der Waals surface area contributed by atoms with Gasteiger partial charge in [-0.05, 0) is 37.3 Å². The largest absolute Gasteiger partial charge is 0.373 e. The van der Waals surface area contributed by atoms with Crippen LogP contribution in [0.5, 0.6) is 0 Å². The van der Waals surface area contributed by atoms with E-state index in [1.165, 1.54) is 30.4 Å². The molecule has 0 amide bonds. The first-order valence-electron chi connectivity index (χ1n) is 7.94. The third-order valence-electron chi connectivity index (χ3n) is 4.43. The summed E-state index contributed by atoms with van der Waals surface area (Å²) in [6.07, 6.45) is 6.95. The summed E-state index contributed by atoms with van der Waals surface area (Å²) in [4.78, 5) is 0. The molecule has 0 aliphatic heterocycles. The molecule has 0 saturated heterocycles. The molecule has 2 rings (SSSR count). The fourth-order valence-corrected chi connectivity index (χ4v) is 3.49. The van der Waals surface area contributed by atoms with Gasteiger partial charge in [0.25, 0.3) is 0 Å². The van der Waals surface area contributed by atoms with Crippen molar-refractivity contribution in [2.75, 3.05) is 6.61 Å². The summed E-state index contributed by atoms with van der Waals surface area (Å²) in [6, 6.07) is 8.93. The minimum Gasteiger partial charge on any atom is -0.373 e. The van der Waals surface area contributed by atoms with Crippen LogP contribution in [0.2, 0.25) is 0 Å². The van der Waals surface area contributed by atoms with Gasteiger partial charge in [0.2, 0.25) is 0 Å². The Hall–Kier alpha value is -0.900. The number of hydrogen-bond donors (Lipinski definition) is 2. The second-order valence-corrected chi connectivity index (χ2v) is 5.80. The van der Waals surface area contributed by atoms with Gasteiger partial charge in [-0.1, -0.05) is 50.5 Å². The van der Waals surface area contributed by atoms with E-state index in [0.717, 1.165) is 25.9 Å². The summed E-state index contributed by atoms with van der Waals surface area (Å²) in [5.41, 5.74) is 5.51. The van der Waals surface area contributed by atoms with E-state index in [1.54, 1.807) is 0 Å². The van der Waals surface area contributed by atoms with E-state index in [-0.39, 0.29) is 11.6 Å². The van der Waals surface area contributed by atoms with Crippen LogP contribution in [0.3, 0.4) is 0 Å². The highest BCUT2D eigenvalue weighted by Gasteiger charge is 2.42. The highest BCUT2D eigenvalue weighted by atomic mass is 16.5. The molecular weight excluding hydrogens is 248 g/mol. The number of benzene rings is 1. The molecule has 0 bridgehead atoms. The summed E-state index contributed by atoms with van der Waals surface area (Å²) >= 11 is 0. The smallest absolute Gasteiger partial charge is 0.0889 e. The Kier molecular flexibility index (Phi) is 5.58. The first-order chi connectivity index (χ1) is 9.75. The lowest BCUT2D eigenvalue weighted by Crippen LogP contribution is -2.46. The predicted octanol–water partition coefficient (Wildman–Crippen LogP) is 3.49. The van der Waals surface area contributed by atoms with Gasteiger partial charge in [0.15, 0.2) is 0 Å². The Bertz CT molecular complexity index is 396. The molecule has 0 radical (unpaired) electrons. The predicted molar refractivity (Wildman–Crippen MR) is 83.3 cm³/mol. The number of ether oxygens (including phenoxy) is 1. The number of hydrogen-bond acceptors (Lipinski definition) is 3. The number of nitrogens with one attached hydrogen (secondary N) is 1. The van der Waals surface area contributed by atoms with E-state index < -0.39 is 0 Å². The molecule has 20 heavy (non-hydrogen) atoms. The van der Waals surface area contributed by atoms with Gasteiger partial charge in [-0.3, -0.25) is 11.3 Å². The van der Waals surface area contributed by atoms with Gasteiger partial charge >= 0.3 is 0 Å². The van der Waals surface area contributed by atoms with Crippen molar-refractivity contribution >= 4 is 0 Å². The zero-order valence-electron chi connectivity index (χ0n) is 12.8. The lowest BCUT2D eigenvalue weighted by atomic mass is 9.86. The van der Waals surface area contributed by atoms with Gasteiger partial charge in [-0.15, -0.1) is 0 Å². The third-order valence-corrected chi connectivity index (χ3v) is 4.43. The molecule has 3 heteroatoms. The van der Waals surface area contributed by atoms with Crippen molar-refractivity contribution in [1.82, 2.24) is 5.43 Å². The Morgan fingerprint density at radius 1 is 1.20 bits per heavy atom. The zero-order chi connectivity index (χ0) is 14.4. The van der Waals surface area contributed by atoms with Gasteiger partial charge in [0.05, 0.1) is 11.6 Å². The van der Waals surface area contributed by atoms with E-state index in [9.17, 15) is 0 Å². The lowest BCUT2D eigenvalue weighted by Gasteiger charge is -2.37. The molecule has 112 valence electrons. The SMILES string of the molecule is CCCc1ccc(C(NN)C2(OCC)CCCC2)cc1. The lowest BCUT2D eigenvalue weighted by molar-refractivity contribution is -0.0627. The quantitative estimate of drug-likeness (QED) is 0.592. The molecule has 3 N–H and O–H groups in total. The molecule has 1 saturated carbocycles. The summed E-state index contributed by atoms with van der Waals surface area (Å²) in [6.45, 7) is 5.02. The standard InChI is InChI=1S/C17H28N2O/c1-3-7-14-8-10-15(11-9-14)16(19-18)17(20-4-2)12-5-6-13-17/h8-11,16,19H,3-7,12-13,18H2,1-2H3. The fraction of sp³-hybridized carbons (Fsp3) is 0.647. The second kappa shape index (κ2) is 7.21. The van der Waals surface area contributed by atoms with E-state index in [1.807, 2.05) is 0 Å². The monoisotopic (exact) mass is 276 g/mol.